The zero-order valence-electron chi connectivity index (χ0n) is 6.67. The van der Waals surface area contributed by atoms with Crippen LogP contribution in [0.1, 0.15) is 0 Å². The van der Waals surface area contributed by atoms with E-state index in [0.29, 0.717) is 0 Å². The Hall–Kier alpha value is -0.220. The summed E-state index contributed by atoms with van der Waals surface area (Å²) in [5.41, 5.74) is 0. The lowest BCUT2D eigenvalue weighted by Crippen LogP contribution is -2.20. The summed E-state index contributed by atoms with van der Waals surface area (Å²) >= 11 is 1.84. The standard InChI is InChI=1S/C7H13N2OS/c1-10-4-5-11-6-7-8-2-3-9-7/h2H,3-6H2,1H3,(H,8,9). The van der Waals surface area contributed by atoms with Gasteiger partial charge in [0.15, 0.2) is 0 Å². The number of hydrogen-bond donors (Lipinski definition) is 1. The van der Waals surface area contributed by atoms with Gasteiger partial charge < -0.3 is 10.1 Å². The Balaban J connectivity index is 1.94. The third-order valence-electron chi connectivity index (χ3n) is 1.32. The molecule has 3 nitrogen and oxygen atoms in total. The summed E-state index contributed by atoms with van der Waals surface area (Å²) < 4.78 is 4.92. The molecule has 0 bridgehead atoms. The minimum absolute atomic E-state index is 0.821. The first kappa shape index (κ1) is 8.87. The molecule has 1 aliphatic heterocycles. The number of hydrogen-bond acceptors (Lipinski definition) is 4. The van der Waals surface area contributed by atoms with Gasteiger partial charge in [-0.05, 0) is 0 Å². The molecule has 0 aromatic heterocycles. The lowest BCUT2D eigenvalue weighted by Gasteiger charge is -2.00. The number of nitrogens with zero attached hydrogens (tertiary/aromatic N) is 1. The molecule has 0 atom stereocenters. The van der Waals surface area contributed by atoms with Gasteiger partial charge in [-0.1, -0.05) is 0 Å². The molecule has 0 saturated carbocycles. The molecule has 0 fully saturated rings. The van der Waals surface area contributed by atoms with E-state index < -0.39 is 0 Å². The van der Waals surface area contributed by atoms with Crippen LogP contribution in [0.5, 0.6) is 0 Å². The van der Waals surface area contributed by atoms with E-state index in [0.717, 1.165) is 30.5 Å². The van der Waals surface area contributed by atoms with Crippen molar-refractivity contribution in [3.8, 4) is 0 Å². The first-order valence-corrected chi connectivity index (χ1v) is 4.78. The summed E-state index contributed by atoms with van der Waals surface area (Å²) in [4.78, 5) is 4.15. The van der Waals surface area contributed by atoms with Gasteiger partial charge in [0.25, 0.3) is 0 Å². The second-order valence-corrected chi connectivity index (χ2v) is 3.29. The van der Waals surface area contributed by atoms with Crippen LogP contribution in [0.4, 0.5) is 0 Å². The number of rotatable bonds is 5. The molecule has 0 saturated heterocycles. The van der Waals surface area contributed by atoms with Crippen LogP contribution >= 0.6 is 11.8 Å². The molecule has 63 valence electrons. The molecular weight excluding hydrogens is 160 g/mol. The van der Waals surface area contributed by atoms with E-state index in [-0.39, 0.29) is 0 Å². The Bertz CT molecular complexity index is 138. The molecule has 11 heavy (non-hydrogen) atoms. The number of amidine groups is 1. The van der Waals surface area contributed by atoms with Crippen LogP contribution in [0.25, 0.3) is 0 Å². The Morgan fingerprint density at radius 2 is 2.73 bits per heavy atom. The van der Waals surface area contributed by atoms with Crippen LogP contribution in [0.3, 0.4) is 0 Å². The zero-order valence-corrected chi connectivity index (χ0v) is 7.49. The summed E-state index contributed by atoms with van der Waals surface area (Å²) in [5.74, 6) is 3.10. The predicted molar refractivity (Wildman–Crippen MR) is 48.9 cm³/mol. The van der Waals surface area contributed by atoms with Crippen molar-refractivity contribution < 1.29 is 4.74 Å². The van der Waals surface area contributed by atoms with Crippen LogP contribution in [0, 0.1) is 6.54 Å². The summed E-state index contributed by atoms with van der Waals surface area (Å²) in [6.45, 7) is 3.61. The van der Waals surface area contributed by atoms with Crippen molar-refractivity contribution in [2.75, 3.05) is 31.8 Å². The van der Waals surface area contributed by atoms with Gasteiger partial charge in [-0.3, -0.25) is 4.99 Å². The minimum atomic E-state index is 0.821. The van der Waals surface area contributed by atoms with Crippen molar-refractivity contribution in [2.45, 2.75) is 0 Å². The van der Waals surface area contributed by atoms with E-state index in [2.05, 4.69) is 10.3 Å². The number of methoxy groups -OCH3 is 1. The van der Waals surface area contributed by atoms with Gasteiger partial charge in [0.2, 0.25) is 0 Å². The highest BCUT2D eigenvalue weighted by Gasteiger charge is 2.03. The normalized spacial score (nSPS) is 16.3. The van der Waals surface area contributed by atoms with Crippen molar-refractivity contribution in [3.05, 3.63) is 6.54 Å². The summed E-state index contributed by atoms with van der Waals surface area (Å²) in [6, 6.07) is 0. The topological polar surface area (TPSA) is 33.6 Å². The number of ether oxygens (including phenoxy) is 1. The highest BCUT2D eigenvalue weighted by Crippen LogP contribution is 2.02. The molecule has 0 aliphatic carbocycles. The van der Waals surface area contributed by atoms with Crippen molar-refractivity contribution >= 4 is 17.6 Å². The fourth-order valence-corrected chi connectivity index (χ4v) is 1.56. The van der Waals surface area contributed by atoms with Gasteiger partial charge in [0.05, 0.1) is 18.9 Å². The van der Waals surface area contributed by atoms with Crippen molar-refractivity contribution in [1.82, 2.24) is 5.32 Å². The summed E-state index contributed by atoms with van der Waals surface area (Å²) in [6.07, 6.45) is 0. The van der Waals surface area contributed by atoms with E-state index in [1.54, 1.807) is 7.11 Å². The number of thioether (sulfide) groups is 1. The van der Waals surface area contributed by atoms with Crippen LogP contribution in [0.2, 0.25) is 0 Å². The summed E-state index contributed by atoms with van der Waals surface area (Å²) in [7, 11) is 1.72. The molecule has 1 heterocycles. The van der Waals surface area contributed by atoms with Gasteiger partial charge in [0.1, 0.15) is 5.84 Å². The van der Waals surface area contributed by atoms with Crippen LogP contribution in [-0.2, 0) is 4.74 Å². The molecule has 1 rings (SSSR count). The van der Waals surface area contributed by atoms with E-state index in [9.17, 15) is 0 Å². The van der Waals surface area contributed by atoms with Gasteiger partial charge in [-0.2, -0.15) is 11.8 Å². The second kappa shape index (κ2) is 5.43. The van der Waals surface area contributed by atoms with E-state index >= 15 is 0 Å². The first-order chi connectivity index (χ1) is 5.43. The summed E-state index contributed by atoms with van der Waals surface area (Å²) in [5, 5.41) is 3.17. The lowest BCUT2D eigenvalue weighted by atomic mass is 10.7. The Morgan fingerprint density at radius 1 is 1.82 bits per heavy atom. The Kier molecular flexibility index (Phi) is 4.38. The monoisotopic (exact) mass is 173 g/mol. The second-order valence-electron chi connectivity index (χ2n) is 2.18. The molecule has 0 amide bonds. The molecule has 0 aromatic rings. The van der Waals surface area contributed by atoms with Crippen molar-refractivity contribution in [1.29, 1.82) is 0 Å². The van der Waals surface area contributed by atoms with E-state index in [4.69, 9.17) is 4.74 Å². The highest BCUT2D eigenvalue weighted by atomic mass is 32.2. The largest absolute Gasteiger partial charge is 0.384 e. The Morgan fingerprint density at radius 3 is 3.36 bits per heavy atom. The maximum Gasteiger partial charge on any atom is 0.107 e. The van der Waals surface area contributed by atoms with Gasteiger partial charge in [0, 0.05) is 19.4 Å². The number of nitrogens with one attached hydrogen (secondary N) is 1. The quantitative estimate of drug-likeness (QED) is 0.616. The number of aliphatic imine (C=N–C) groups is 1. The fourth-order valence-electron chi connectivity index (χ4n) is 0.764. The van der Waals surface area contributed by atoms with Crippen LogP contribution < -0.4 is 5.32 Å². The first-order valence-electron chi connectivity index (χ1n) is 3.62. The van der Waals surface area contributed by atoms with Crippen molar-refractivity contribution in [2.24, 2.45) is 4.99 Å². The van der Waals surface area contributed by atoms with Crippen LogP contribution in [-0.4, -0.2) is 37.6 Å². The molecular formula is C7H13N2OS. The average molecular weight is 173 g/mol. The molecule has 0 unspecified atom stereocenters. The van der Waals surface area contributed by atoms with Gasteiger partial charge in [-0.15, -0.1) is 0 Å². The smallest absolute Gasteiger partial charge is 0.107 e. The molecule has 0 aromatic carbocycles. The molecule has 0 spiro atoms. The van der Waals surface area contributed by atoms with Gasteiger partial charge >= 0.3 is 0 Å². The zero-order chi connectivity index (χ0) is 7.94. The predicted octanol–water partition coefficient (Wildman–Crippen LogP) is 0.529. The maximum absolute atomic E-state index is 4.92. The van der Waals surface area contributed by atoms with E-state index in [1.165, 1.54) is 0 Å². The maximum atomic E-state index is 4.92. The Labute approximate surface area is 71.6 Å². The molecule has 1 N–H and O–H groups in total. The minimum Gasteiger partial charge on any atom is -0.384 e. The van der Waals surface area contributed by atoms with Crippen molar-refractivity contribution in [3.63, 3.8) is 0 Å². The molecule has 4 heteroatoms. The van der Waals surface area contributed by atoms with Gasteiger partial charge in [-0.25, -0.2) is 0 Å². The third-order valence-corrected chi connectivity index (χ3v) is 2.25. The fraction of sp³-hybridized carbons (Fsp3) is 0.714. The van der Waals surface area contributed by atoms with E-state index in [1.807, 2.05) is 18.3 Å². The van der Waals surface area contributed by atoms with Crippen LogP contribution in [0.15, 0.2) is 4.99 Å². The SMILES string of the molecule is COCCSCC1=N[CH]CN1. The highest BCUT2D eigenvalue weighted by molar-refractivity contribution is 7.99. The molecule has 1 aliphatic rings. The molecule has 1 radical (unpaired) electrons. The third kappa shape index (κ3) is 3.62. The average Bonchev–Trinajstić information content (AvgIpc) is 2.50. The lowest BCUT2D eigenvalue weighted by molar-refractivity contribution is 0.218.